The molecular formula is C15H19N3O2. The van der Waals surface area contributed by atoms with Gasteiger partial charge in [-0.15, -0.1) is 0 Å². The molecule has 0 aliphatic carbocycles. The molecule has 5 heteroatoms. The number of aromatic amines is 1. The number of nitrogens with zero attached hydrogens (tertiary/aromatic N) is 2. The van der Waals surface area contributed by atoms with E-state index in [9.17, 15) is 9.59 Å². The third-order valence-electron chi connectivity index (χ3n) is 4.14. The molecule has 3 rings (SSSR count). The van der Waals surface area contributed by atoms with Crippen LogP contribution in [0.3, 0.4) is 0 Å². The highest BCUT2D eigenvalue weighted by Crippen LogP contribution is 2.19. The number of aryl methyl sites for hydroxylation is 1. The van der Waals surface area contributed by atoms with E-state index in [4.69, 9.17) is 0 Å². The predicted octanol–water partition coefficient (Wildman–Crippen LogP) is 1.26. The summed E-state index contributed by atoms with van der Waals surface area (Å²) in [5, 5.41) is 0.597. The van der Waals surface area contributed by atoms with Crippen molar-refractivity contribution in [2.45, 2.75) is 26.3 Å². The monoisotopic (exact) mass is 273 g/mol. The van der Waals surface area contributed by atoms with Crippen molar-refractivity contribution in [2.24, 2.45) is 0 Å². The van der Waals surface area contributed by atoms with Crippen molar-refractivity contribution in [3.8, 4) is 0 Å². The summed E-state index contributed by atoms with van der Waals surface area (Å²) < 4.78 is 1.40. The topological polar surface area (TPSA) is 58.1 Å². The Kier molecular flexibility index (Phi) is 3.22. The number of benzene rings is 1. The molecule has 0 amide bonds. The number of fused-ring (bicyclic) bond motifs is 1. The zero-order valence-electron chi connectivity index (χ0n) is 11.8. The van der Waals surface area contributed by atoms with Crippen molar-refractivity contribution in [3.05, 3.63) is 44.6 Å². The van der Waals surface area contributed by atoms with E-state index in [-0.39, 0.29) is 17.3 Å². The number of nitrogens with one attached hydrogen (secondary N) is 1. The largest absolute Gasteiger partial charge is 0.329 e. The lowest BCUT2D eigenvalue weighted by Gasteiger charge is -2.15. The fourth-order valence-electron chi connectivity index (χ4n) is 2.98. The highest BCUT2D eigenvalue weighted by atomic mass is 16.2. The molecule has 1 N–H and O–H groups in total. The lowest BCUT2D eigenvalue weighted by molar-refractivity contribution is 0.338. The van der Waals surface area contributed by atoms with Crippen LogP contribution in [0.25, 0.3) is 10.9 Å². The van der Waals surface area contributed by atoms with Crippen molar-refractivity contribution < 1.29 is 0 Å². The Balaban J connectivity index is 2.16. The minimum atomic E-state index is -0.297. The molecule has 5 nitrogen and oxygen atoms in total. The van der Waals surface area contributed by atoms with Gasteiger partial charge in [0.2, 0.25) is 0 Å². The third kappa shape index (κ3) is 2.08. The molecule has 1 fully saturated rings. The van der Waals surface area contributed by atoms with Gasteiger partial charge in [-0.05, 0) is 32.0 Å². The van der Waals surface area contributed by atoms with Gasteiger partial charge in [0, 0.05) is 13.1 Å². The summed E-state index contributed by atoms with van der Waals surface area (Å²) in [4.78, 5) is 29.9. The molecule has 20 heavy (non-hydrogen) atoms. The van der Waals surface area contributed by atoms with E-state index in [2.05, 4.69) is 16.8 Å². The van der Waals surface area contributed by atoms with Gasteiger partial charge in [-0.25, -0.2) is 4.79 Å². The van der Waals surface area contributed by atoms with E-state index in [1.165, 1.54) is 4.57 Å². The van der Waals surface area contributed by atoms with E-state index in [0.717, 1.165) is 31.6 Å². The summed E-state index contributed by atoms with van der Waals surface area (Å²) in [7, 11) is 0. The maximum Gasteiger partial charge on any atom is 0.329 e. The first-order valence-corrected chi connectivity index (χ1v) is 7.07. The second-order valence-corrected chi connectivity index (χ2v) is 5.49. The lowest BCUT2D eigenvalue weighted by Crippen LogP contribution is -2.39. The van der Waals surface area contributed by atoms with Crippen molar-refractivity contribution in [1.82, 2.24) is 14.5 Å². The van der Waals surface area contributed by atoms with Crippen molar-refractivity contribution in [2.75, 3.05) is 19.6 Å². The molecule has 2 aromatic rings. The molecule has 1 saturated heterocycles. The summed E-state index contributed by atoms with van der Waals surface area (Å²) >= 11 is 0. The van der Waals surface area contributed by atoms with E-state index < -0.39 is 0 Å². The number of aromatic nitrogens is 2. The second kappa shape index (κ2) is 4.90. The van der Waals surface area contributed by atoms with Crippen LogP contribution in [0, 0.1) is 6.92 Å². The first-order chi connectivity index (χ1) is 9.60. The molecule has 1 aromatic carbocycles. The van der Waals surface area contributed by atoms with Gasteiger partial charge in [0.15, 0.2) is 0 Å². The molecule has 1 aliphatic heterocycles. The Morgan fingerprint density at radius 1 is 1.35 bits per heavy atom. The van der Waals surface area contributed by atoms with E-state index in [0.29, 0.717) is 10.9 Å². The second-order valence-electron chi connectivity index (χ2n) is 5.49. The summed E-state index contributed by atoms with van der Waals surface area (Å²) in [6.07, 6.45) is 0.855. The average Bonchev–Trinajstić information content (AvgIpc) is 2.88. The number of hydrogen-bond donors (Lipinski definition) is 1. The number of likely N-dealkylation sites (N-methyl/N-ethyl adjacent to an activating group) is 1. The van der Waals surface area contributed by atoms with E-state index in [1.807, 2.05) is 19.1 Å². The van der Waals surface area contributed by atoms with Crippen LogP contribution in [0.5, 0.6) is 0 Å². The molecule has 2 heterocycles. The molecule has 0 saturated carbocycles. The number of likely N-dealkylation sites (tertiary alicyclic amines) is 1. The molecule has 1 aromatic heterocycles. The molecular weight excluding hydrogens is 254 g/mol. The van der Waals surface area contributed by atoms with Crippen LogP contribution in [-0.2, 0) is 0 Å². The fourth-order valence-corrected chi connectivity index (χ4v) is 2.98. The molecule has 1 aliphatic rings. The van der Waals surface area contributed by atoms with Gasteiger partial charge in [-0.3, -0.25) is 9.36 Å². The first kappa shape index (κ1) is 13.1. The molecule has 0 radical (unpaired) electrons. The van der Waals surface area contributed by atoms with Crippen LogP contribution < -0.4 is 11.2 Å². The zero-order chi connectivity index (χ0) is 14.3. The van der Waals surface area contributed by atoms with Crippen LogP contribution >= 0.6 is 0 Å². The first-order valence-electron chi connectivity index (χ1n) is 7.07. The molecule has 0 spiro atoms. The van der Waals surface area contributed by atoms with Gasteiger partial charge in [-0.1, -0.05) is 18.6 Å². The van der Waals surface area contributed by atoms with E-state index in [1.54, 1.807) is 6.07 Å². The maximum absolute atomic E-state index is 12.6. The van der Waals surface area contributed by atoms with Crippen molar-refractivity contribution >= 4 is 10.9 Å². The Hall–Kier alpha value is -1.88. The van der Waals surface area contributed by atoms with Crippen LogP contribution in [0.4, 0.5) is 0 Å². The van der Waals surface area contributed by atoms with E-state index >= 15 is 0 Å². The molecule has 106 valence electrons. The Morgan fingerprint density at radius 2 is 2.15 bits per heavy atom. The summed E-state index contributed by atoms with van der Waals surface area (Å²) in [6.45, 7) is 6.72. The lowest BCUT2D eigenvalue weighted by atomic mass is 10.1. The summed E-state index contributed by atoms with van der Waals surface area (Å²) in [5.74, 6) is 0. The summed E-state index contributed by atoms with van der Waals surface area (Å²) in [6, 6.07) is 5.52. The molecule has 1 unspecified atom stereocenters. The normalized spacial score (nSPS) is 19.8. The molecule has 0 bridgehead atoms. The smallest absolute Gasteiger partial charge is 0.307 e. The Morgan fingerprint density at radius 3 is 2.85 bits per heavy atom. The molecule has 1 atom stereocenters. The Bertz CT molecular complexity index is 760. The third-order valence-corrected chi connectivity index (χ3v) is 4.14. The van der Waals surface area contributed by atoms with Gasteiger partial charge in [0.05, 0.1) is 16.9 Å². The number of hydrogen-bond acceptors (Lipinski definition) is 3. The highest BCUT2D eigenvalue weighted by molar-refractivity contribution is 5.77. The zero-order valence-corrected chi connectivity index (χ0v) is 11.8. The fraction of sp³-hybridized carbons (Fsp3) is 0.467. The SMILES string of the molecule is CCN1CCC(n2c(=O)[nH]c3ccc(C)cc3c2=O)C1. The van der Waals surface area contributed by atoms with Crippen LogP contribution in [0.1, 0.15) is 24.9 Å². The summed E-state index contributed by atoms with van der Waals surface area (Å²) in [5.41, 5.74) is 1.17. The minimum absolute atomic E-state index is 0.0175. The van der Waals surface area contributed by atoms with Crippen LogP contribution in [0.15, 0.2) is 27.8 Å². The Labute approximate surface area is 116 Å². The van der Waals surface area contributed by atoms with Gasteiger partial charge >= 0.3 is 5.69 Å². The van der Waals surface area contributed by atoms with Crippen LogP contribution in [-0.4, -0.2) is 34.1 Å². The standard InChI is InChI=1S/C15H19N3O2/c1-3-17-7-6-11(9-17)18-14(19)12-8-10(2)4-5-13(12)16-15(18)20/h4-5,8,11H,3,6-7,9H2,1-2H3,(H,16,20). The van der Waals surface area contributed by atoms with Gasteiger partial charge in [0.1, 0.15) is 0 Å². The highest BCUT2D eigenvalue weighted by Gasteiger charge is 2.25. The van der Waals surface area contributed by atoms with Gasteiger partial charge < -0.3 is 9.88 Å². The number of rotatable bonds is 2. The van der Waals surface area contributed by atoms with Gasteiger partial charge in [0.25, 0.3) is 5.56 Å². The maximum atomic E-state index is 12.6. The van der Waals surface area contributed by atoms with Crippen molar-refractivity contribution in [1.29, 1.82) is 0 Å². The van der Waals surface area contributed by atoms with Crippen molar-refractivity contribution in [3.63, 3.8) is 0 Å². The number of H-pyrrole nitrogens is 1. The van der Waals surface area contributed by atoms with Gasteiger partial charge in [-0.2, -0.15) is 0 Å². The van der Waals surface area contributed by atoms with Crippen LogP contribution in [0.2, 0.25) is 0 Å². The minimum Gasteiger partial charge on any atom is -0.307 e. The average molecular weight is 273 g/mol. The quantitative estimate of drug-likeness (QED) is 0.896. The predicted molar refractivity (Wildman–Crippen MR) is 79.3 cm³/mol.